The fourth-order valence-electron chi connectivity index (χ4n) is 3.40. The first kappa shape index (κ1) is 21.8. The summed E-state index contributed by atoms with van der Waals surface area (Å²) in [6.07, 6.45) is -0.692. The number of fused-ring (bicyclic) bond motifs is 2. The van der Waals surface area contributed by atoms with Crippen LogP contribution >= 0.6 is 0 Å². The van der Waals surface area contributed by atoms with E-state index in [0.717, 1.165) is 0 Å². The van der Waals surface area contributed by atoms with E-state index in [1.165, 1.54) is 12.1 Å². The predicted octanol–water partition coefficient (Wildman–Crippen LogP) is 1.41. The summed E-state index contributed by atoms with van der Waals surface area (Å²) >= 11 is 0. The van der Waals surface area contributed by atoms with Crippen molar-refractivity contribution in [3.05, 3.63) is 75.8 Å². The number of aliphatic hydroxyl groups is 4. The van der Waals surface area contributed by atoms with E-state index >= 15 is 0 Å². The van der Waals surface area contributed by atoms with Gasteiger partial charge in [-0.3, -0.25) is 4.79 Å². The van der Waals surface area contributed by atoms with E-state index in [9.17, 15) is 25.2 Å². The minimum absolute atomic E-state index is 0.145. The molecule has 9 nitrogen and oxygen atoms in total. The average molecular weight is 442 g/mol. The van der Waals surface area contributed by atoms with Gasteiger partial charge >= 0.3 is 0 Å². The Morgan fingerprint density at radius 2 is 1.72 bits per heavy atom. The van der Waals surface area contributed by atoms with Gasteiger partial charge in [-0.05, 0) is 30.3 Å². The zero-order valence-electron chi connectivity index (χ0n) is 16.9. The first-order valence-electron chi connectivity index (χ1n) is 9.90. The van der Waals surface area contributed by atoms with Crippen LogP contribution in [-0.2, 0) is 6.61 Å². The summed E-state index contributed by atoms with van der Waals surface area (Å²) < 4.78 is 22.2. The third kappa shape index (κ3) is 4.46. The van der Waals surface area contributed by atoms with Gasteiger partial charge in [0, 0.05) is 6.07 Å². The van der Waals surface area contributed by atoms with Crippen LogP contribution in [0.2, 0.25) is 0 Å². The van der Waals surface area contributed by atoms with Gasteiger partial charge in [0.05, 0.1) is 5.56 Å². The molecule has 0 spiro atoms. The van der Waals surface area contributed by atoms with Gasteiger partial charge in [-0.1, -0.05) is 12.1 Å². The molecule has 4 N–H and O–H groups in total. The smallest absolute Gasteiger partial charge is 0.196 e. The minimum Gasteiger partial charge on any atom is -0.490 e. The van der Waals surface area contributed by atoms with Gasteiger partial charge in [-0.15, -0.1) is 0 Å². The zero-order valence-corrected chi connectivity index (χ0v) is 16.9. The van der Waals surface area contributed by atoms with Crippen molar-refractivity contribution in [2.75, 3.05) is 19.8 Å². The van der Waals surface area contributed by atoms with Crippen LogP contribution in [0.15, 0.2) is 63.5 Å². The van der Waals surface area contributed by atoms with Crippen molar-refractivity contribution in [2.45, 2.75) is 18.8 Å². The first-order chi connectivity index (χ1) is 15.5. The van der Waals surface area contributed by atoms with Gasteiger partial charge in [0.1, 0.15) is 78.4 Å². The Morgan fingerprint density at radius 3 is 2.47 bits per heavy atom. The second-order valence-electron chi connectivity index (χ2n) is 7.15. The van der Waals surface area contributed by atoms with Crippen molar-refractivity contribution in [2.24, 2.45) is 0 Å². The third-order valence-corrected chi connectivity index (χ3v) is 4.85. The predicted molar refractivity (Wildman–Crippen MR) is 113 cm³/mol. The number of aliphatic hydroxyl groups excluding tert-OH is 4. The third-order valence-electron chi connectivity index (χ3n) is 4.85. The van der Waals surface area contributed by atoms with Gasteiger partial charge in [0.2, 0.25) is 0 Å². The van der Waals surface area contributed by atoms with E-state index in [1.807, 2.05) is 0 Å². The van der Waals surface area contributed by atoms with Crippen LogP contribution in [0.1, 0.15) is 17.4 Å². The Labute approximate surface area is 182 Å². The number of rotatable bonds is 8. The van der Waals surface area contributed by atoms with Crippen LogP contribution in [0.4, 0.5) is 0 Å². The Bertz CT molecular complexity index is 1200. The molecule has 0 aliphatic carbocycles. The number of benzene rings is 2. The zero-order chi connectivity index (χ0) is 22.7. The largest absolute Gasteiger partial charge is 0.490 e. The second kappa shape index (κ2) is 9.41. The van der Waals surface area contributed by atoms with Crippen LogP contribution in [0, 0.1) is 0 Å². The average Bonchev–Trinajstić information content (AvgIpc) is 2.80. The van der Waals surface area contributed by atoms with E-state index < -0.39 is 18.8 Å². The van der Waals surface area contributed by atoms with Gasteiger partial charge in [-0.25, -0.2) is 0 Å². The molecule has 0 fully saturated rings. The van der Waals surface area contributed by atoms with E-state index in [0.29, 0.717) is 17.1 Å². The van der Waals surface area contributed by atoms with Gasteiger partial charge in [0.25, 0.3) is 0 Å². The number of ether oxygens (including phenoxy) is 3. The molecule has 1 aliphatic heterocycles. The lowest BCUT2D eigenvalue weighted by Gasteiger charge is -2.24. The SMILES string of the molecule is O=c1cc(CO)oc2cccc(OCC(O)COc3cccc4c3C(O)C=C(CO)O4)c12. The van der Waals surface area contributed by atoms with Crippen LogP contribution in [0.3, 0.4) is 0 Å². The lowest BCUT2D eigenvalue weighted by Crippen LogP contribution is -2.26. The summed E-state index contributed by atoms with van der Waals surface area (Å²) in [5.74, 6) is 1.30. The van der Waals surface area contributed by atoms with E-state index in [4.69, 9.17) is 18.6 Å². The van der Waals surface area contributed by atoms with Gasteiger partial charge in [-0.2, -0.15) is 0 Å². The number of hydrogen-bond donors (Lipinski definition) is 4. The highest BCUT2D eigenvalue weighted by Gasteiger charge is 2.24. The molecule has 32 heavy (non-hydrogen) atoms. The van der Waals surface area contributed by atoms with Crippen molar-refractivity contribution in [1.29, 1.82) is 0 Å². The minimum atomic E-state index is -1.05. The molecule has 0 amide bonds. The molecule has 2 unspecified atom stereocenters. The first-order valence-corrected chi connectivity index (χ1v) is 9.90. The molecule has 0 bridgehead atoms. The van der Waals surface area contributed by atoms with Crippen molar-refractivity contribution in [3.63, 3.8) is 0 Å². The molecular formula is C23H22O9. The van der Waals surface area contributed by atoms with E-state index in [2.05, 4.69) is 0 Å². The van der Waals surface area contributed by atoms with Crippen molar-refractivity contribution >= 4 is 11.0 Å². The van der Waals surface area contributed by atoms with Crippen molar-refractivity contribution < 1.29 is 39.1 Å². The summed E-state index contributed by atoms with van der Waals surface area (Å²) in [7, 11) is 0. The van der Waals surface area contributed by atoms with Crippen LogP contribution < -0.4 is 19.6 Å². The highest BCUT2D eigenvalue weighted by molar-refractivity contribution is 5.83. The molecule has 0 saturated carbocycles. The Morgan fingerprint density at radius 1 is 1.00 bits per heavy atom. The van der Waals surface area contributed by atoms with E-state index in [1.54, 1.807) is 36.4 Å². The fourth-order valence-corrected chi connectivity index (χ4v) is 3.40. The van der Waals surface area contributed by atoms with Crippen molar-refractivity contribution in [3.8, 4) is 17.2 Å². The van der Waals surface area contributed by atoms with Gasteiger partial charge < -0.3 is 39.1 Å². The van der Waals surface area contributed by atoms with Crippen LogP contribution in [-0.4, -0.2) is 46.4 Å². The standard InChI is InChI=1S/C23H22O9/c24-9-14-7-16(27)22-18(3-1-5-20(22)31-14)29-11-13(26)12-30-19-4-2-6-21-23(19)17(28)8-15(10-25)32-21/h1-8,13,16,24-27H,9-12H2. The molecule has 0 saturated heterocycles. The summed E-state index contributed by atoms with van der Waals surface area (Å²) in [4.78, 5) is 12.4. The second-order valence-corrected chi connectivity index (χ2v) is 7.15. The Kier molecular flexibility index (Phi) is 6.42. The summed E-state index contributed by atoms with van der Waals surface area (Å²) in [6.45, 7) is -1.05. The maximum atomic E-state index is 12.4. The molecule has 0 radical (unpaired) electrons. The molecule has 2 heterocycles. The summed E-state index contributed by atoms with van der Waals surface area (Å²) in [6, 6.07) is 10.9. The van der Waals surface area contributed by atoms with Crippen LogP contribution in [0.5, 0.6) is 17.2 Å². The maximum absolute atomic E-state index is 12.4. The molecular weight excluding hydrogens is 420 g/mol. The summed E-state index contributed by atoms with van der Waals surface area (Å²) in [5.41, 5.74) is 0.297. The molecule has 2 aromatic carbocycles. The Hall–Kier alpha value is -3.37. The molecule has 1 aliphatic rings. The highest BCUT2D eigenvalue weighted by Crippen LogP contribution is 2.39. The lowest BCUT2D eigenvalue weighted by atomic mass is 10.0. The molecule has 168 valence electrons. The normalized spacial score (nSPS) is 16.1. The van der Waals surface area contributed by atoms with Gasteiger partial charge in [0.15, 0.2) is 5.43 Å². The Balaban J connectivity index is 1.43. The molecule has 9 heteroatoms. The highest BCUT2D eigenvalue weighted by atomic mass is 16.5. The number of hydrogen-bond acceptors (Lipinski definition) is 9. The topological polar surface area (TPSA) is 139 Å². The monoisotopic (exact) mass is 442 g/mol. The van der Waals surface area contributed by atoms with Crippen molar-refractivity contribution in [1.82, 2.24) is 0 Å². The molecule has 2 atom stereocenters. The fraction of sp³-hybridized carbons (Fsp3) is 0.261. The summed E-state index contributed by atoms with van der Waals surface area (Å²) in [5, 5.41) is 39.3. The maximum Gasteiger partial charge on any atom is 0.196 e. The van der Waals surface area contributed by atoms with E-state index in [-0.39, 0.29) is 53.5 Å². The molecule has 4 rings (SSSR count). The van der Waals surface area contributed by atoms with Crippen LogP contribution in [0.25, 0.3) is 11.0 Å². The molecule has 1 aromatic heterocycles. The molecule has 3 aromatic rings. The lowest BCUT2D eigenvalue weighted by molar-refractivity contribution is 0.0615. The quantitative estimate of drug-likeness (QED) is 0.408.